The molecule has 0 saturated carbocycles. The Morgan fingerprint density at radius 3 is 2.46 bits per heavy atom. The molecule has 1 N–H and O–H groups in total. The van der Waals surface area contributed by atoms with Crippen molar-refractivity contribution in [3.05, 3.63) is 47.5 Å². The molecule has 0 amide bonds. The molecule has 0 radical (unpaired) electrons. The van der Waals surface area contributed by atoms with Crippen LogP contribution in [0, 0.1) is 0 Å². The summed E-state index contributed by atoms with van der Waals surface area (Å²) in [5.74, 6) is 3.11. The van der Waals surface area contributed by atoms with E-state index in [1.165, 1.54) is 5.56 Å². The van der Waals surface area contributed by atoms with Gasteiger partial charge in [-0.25, -0.2) is 0 Å². The van der Waals surface area contributed by atoms with Crippen molar-refractivity contribution < 1.29 is 24.1 Å². The second kappa shape index (κ2) is 7.45. The monoisotopic (exact) mass is 330 g/mol. The highest BCUT2D eigenvalue weighted by molar-refractivity contribution is 5.55. The highest BCUT2D eigenvalue weighted by Gasteiger charge is 2.23. The Morgan fingerprint density at radius 2 is 1.83 bits per heavy atom. The lowest BCUT2D eigenvalue weighted by atomic mass is 9.88. The summed E-state index contributed by atoms with van der Waals surface area (Å²) in [4.78, 5) is 0. The standard InChI is InChI=1S/C19H22O5/c1-3-15(13-4-6-14(21-2)7-5-13)16-10-18-19(24-12-23-18)11-17(16)22-9-8-20/h4-7,10-11,15,20H,3,8-9,12H2,1-2H3. The molecule has 1 aliphatic rings. The van der Waals surface area contributed by atoms with E-state index < -0.39 is 0 Å². The molecule has 128 valence electrons. The Balaban J connectivity index is 1.99. The first kappa shape index (κ1) is 16.5. The molecule has 2 aromatic carbocycles. The van der Waals surface area contributed by atoms with Crippen molar-refractivity contribution in [2.75, 3.05) is 27.1 Å². The van der Waals surface area contributed by atoms with E-state index in [9.17, 15) is 0 Å². The minimum Gasteiger partial charge on any atom is -0.497 e. The van der Waals surface area contributed by atoms with Gasteiger partial charge in [0.05, 0.1) is 13.7 Å². The van der Waals surface area contributed by atoms with Crippen molar-refractivity contribution in [3.8, 4) is 23.0 Å². The number of methoxy groups -OCH3 is 1. The van der Waals surface area contributed by atoms with E-state index in [0.717, 1.165) is 29.2 Å². The molecule has 0 spiro atoms. The van der Waals surface area contributed by atoms with Crippen LogP contribution in [0.25, 0.3) is 0 Å². The van der Waals surface area contributed by atoms with Crippen molar-refractivity contribution in [2.45, 2.75) is 19.3 Å². The second-order valence-corrected chi connectivity index (χ2v) is 5.55. The Kier molecular flexibility index (Phi) is 5.11. The van der Waals surface area contributed by atoms with Gasteiger partial charge in [0.2, 0.25) is 6.79 Å². The summed E-state index contributed by atoms with van der Waals surface area (Å²) in [6.45, 7) is 2.56. The van der Waals surface area contributed by atoms with Crippen molar-refractivity contribution >= 4 is 0 Å². The molecule has 5 heteroatoms. The number of aliphatic hydroxyl groups is 1. The van der Waals surface area contributed by atoms with Gasteiger partial charge in [-0.1, -0.05) is 19.1 Å². The van der Waals surface area contributed by atoms with Crippen LogP contribution >= 0.6 is 0 Å². The Morgan fingerprint density at radius 1 is 1.12 bits per heavy atom. The molecular formula is C19H22O5. The van der Waals surface area contributed by atoms with Gasteiger partial charge >= 0.3 is 0 Å². The fourth-order valence-electron chi connectivity index (χ4n) is 2.96. The minimum atomic E-state index is -0.0345. The summed E-state index contributed by atoms with van der Waals surface area (Å²) < 4.78 is 21.9. The van der Waals surface area contributed by atoms with Crippen molar-refractivity contribution in [1.82, 2.24) is 0 Å². The molecule has 1 heterocycles. The summed E-state index contributed by atoms with van der Waals surface area (Å²) in [5.41, 5.74) is 2.20. The van der Waals surface area contributed by atoms with Gasteiger partial charge in [0.25, 0.3) is 0 Å². The van der Waals surface area contributed by atoms with Crippen LogP contribution in [0.1, 0.15) is 30.4 Å². The maximum Gasteiger partial charge on any atom is 0.231 e. The Bertz CT molecular complexity index is 681. The van der Waals surface area contributed by atoms with Gasteiger partial charge in [-0.3, -0.25) is 0 Å². The van der Waals surface area contributed by atoms with Crippen LogP contribution in [0.2, 0.25) is 0 Å². The summed E-state index contributed by atoms with van der Waals surface area (Å²) in [6.07, 6.45) is 0.904. The Hall–Kier alpha value is -2.40. The van der Waals surface area contributed by atoms with Crippen LogP contribution < -0.4 is 18.9 Å². The summed E-state index contributed by atoms with van der Waals surface area (Å²) in [6, 6.07) is 11.9. The van der Waals surface area contributed by atoms with Crippen LogP contribution in [0.4, 0.5) is 0 Å². The maximum atomic E-state index is 9.09. The smallest absolute Gasteiger partial charge is 0.231 e. The highest BCUT2D eigenvalue weighted by atomic mass is 16.7. The molecule has 5 nitrogen and oxygen atoms in total. The fourth-order valence-corrected chi connectivity index (χ4v) is 2.96. The van der Waals surface area contributed by atoms with E-state index in [1.807, 2.05) is 24.3 Å². The molecule has 1 unspecified atom stereocenters. The molecule has 0 aromatic heterocycles. The third-order valence-electron chi connectivity index (χ3n) is 4.16. The van der Waals surface area contributed by atoms with E-state index in [-0.39, 0.29) is 25.9 Å². The van der Waals surface area contributed by atoms with Crippen molar-refractivity contribution in [3.63, 3.8) is 0 Å². The number of hydrogen-bond donors (Lipinski definition) is 1. The van der Waals surface area contributed by atoms with E-state index in [4.69, 9.17) is 24.1 Å². The number of rotatable bonds is 7. The lowest BCUT2D eigenvalue weighted by Crippen LogP contribution is -2.07. The third kappa shape index (κ3) is 3.26. The minimum absolute atomic E-state index is 0.0345. The van der Waals surface area contributed by atoms with Crippen LogP contribution in [-0.2, 0) is 0 Å². The average molecular weight is 330 g/mol. The zero-order chi connectivity index (χ0) is 16.9. The number of hydrogen-bond acceptors (Lipinski definition) is 5. The highest BCUT2D eigenvalue weighted by Crippen LogP contribution is 2.43. The van der Waals surface area contributed by atoms with Gasteiger partial charge in [-0.2, -0.15) is 0 Å². The predicted molar refractivity (Wildman–Crippen MR) is 90.3 cm³/mol. The van der Waals surface area contributed by atoms with Crippen LogP contribution in [0.15, 0.2) is 36.4 Å². The summed E-state index contributed by atoms with van der Waals surface area (Å²) >= 11 is 0. The normalized spacial score (nSPS) is 13.6. The zero-order valence-corrected chi connectivity index (χ0v) is 14.0. The lowest BCUT2D eigenvalue weighted by Gasteiger charge is -2.20. The molecule has 0 bridgehead atoms. The van der Waals surface area contributed by atoms with Crippen molar-refractivity contribution in [2.24, 2.45) is 0 Å². The molecular weight excluding hydrogens is 308 g/mol. The van der Waals surface area contributed by atoms with Gasteiger partial charge < -0.3 is 24.1 Å². The van der Waals surface area contributed by atoms with Gasteiger partial charge in [-0.05, 0) is 30.2 Å². The SMILES string of the molecule is CCC(c1ccc(OC)cc1)c1cc2c(cc1OCCO)OCO2. The first-order valence-electron chi connectivity index (χ1n) is 8.08. The number of fused-ring (bicyclic) bond motifs is 1. The summed E-state index contributed by atoms with van der Waals surface area (Å²) in [5, 5.41) is 9.09. The molecule has 3 rings (SSSR count). The first-order valence-corrected chi connectivity index (χ1v) is 8.08. The zero-order valence-electron chi connectivity index (χ0n) is 14.0. The molecule has 1 aliphatic heterocycles. The largest absolute Gasteiger partial charge is 0.497 e. The topological polar surface area (TPSA) is 57.2 Å². The quantitative estimate of drug-likeness (QED) is 0.844. The van der Waals surface area contributed by atoms with E-state index in [1.54, 1.807) is 7.11 Å². The maximum absolute atomic E-state index is 9.09. The average Bonchev–Trinajstić information content (AvgIpc) is 3.08. The lowest BCUT2D eigenvalue weighted by molar-refractivity contribution is 0.173. The molecule has 0 saturated heterocycles. The first-order chi connectivity index (χ1) is 11.8. The molecule has 0 aliphatic carbocycles. The number of ether oxygens (including phenoxy) is 4. The van der Waals surface area contributed by atoms with Gasteiger partial charge in [0, 0.05) is 17.5 Å². The second-order valence-electron chi connectivity index (χ2n) is 5.55. The van der Waals surface area contributed by atoms with E-state index in [2.05, 4.69) is 19.1 Å². The predicted octanol–water partition coefficient (Wildman–Crippen LogP) is 3.34. The molecule has 24 heavy (non-hydrogen) atoms. The van der Waals surface area contributed by atoms with Crippen LogP contribution in [-0.4, -0.2) is 32.2 Å². The van der Waals surface area contributed by atoms with Gasteiger partial charge in [-0.15, -0.1) is 0 Å². The molecule has 2 aromatic rings. The van der Waals surface area contributed by atoms with Gasteiger partial charge in [0.15, 0.2) is 11.5 Å². The number of aliphatic hydroxyl groups excluding tert-OH is 1. The van der Waals surface area contributed by atoms with Gasteiger partial charge in [0.1, 0.15) is 18.1 Å². The number of benzene rings is 2. The van der Waals surface area contributed by atoms with E-state index in [0.29, 0.717) is 5.75 Å². The third-order valence-corrected chi connectivity index (χ3v) is 4.16. The van der Waals surface area contributed by atoms with E-state index >= 15 is 0 Å². The van der Waals surface area contributed by atoms with Crippen molar-refractivity contribution in [1.29, 1.82) is 0 Å². The van der Waals surface area contributed by atoms with Crippen LogP contribution in [0.5, 0.6) is 23.0 Å². The van der Waals surface area contributed by atoms with Crippen LogP contribution in [0.3, 0.4) is 0 Å². The summed E-state index contributed by atoms with van der Waals surface area (Å²) in [7, 11) is 1.66. The molecule has 0 fully saturated rings. The Labute approximate surface area is 141 Å². The molecule has 1 atom stereocenters. The fraction of sp³-hybridized carbons (Fsp3) is 0.368.